The van der Waals surface area contributed by atoms with Crippen LogP contribution in [0.25, 0.3) is 17.1 Å². The molecular formula is C17H14N2O3S. The van der Waals surface area contributed by atoms with Gasteiger partial charge in [0.15, 0.2) is 5.16 Å². The maximum Gasteiger partial charge on any atom is 0.342 e. The number of para-hydroxylation sites is 2. The number of rotatable bonds is 5. The predicted molar refractivity (Wildman–Crippen MR) is 90.6 cm³/mol. The Bertz CT molecular complexity index is 836. The monoisotopic (exact) mass is 326 g/mol. The summed E-state index contributed by atoms with van der Waals surface area (Å²) in [4.78, 5) is 19.2. The Labute approximate surface area is 137 Å². The average Bonchev–Trinajstić information content (AvgIpc) is 2.97. The molecular weight excluding hydrogens is 312 g/mol. The summed E-state index contributed by atoms with van der Waals surface area (Å²) in [5, 5.41) is 9.97. The Balaban J connectivity index is 1.88. The number of methoxy groups -OCH3 is 1. The number of hydrogen-bond donors (Lipinski definition) is 2. The number of nitrogens with zero attached hydrogens (tertiary/aromatic N) is 1. The van der Waals surface area contributed by atoms with E-state index in [1.807, 2.05) is 24.3 Å². The fourth-order valence-corrected chi connectivity index (χ4v) is 2.86. The third-order valence-electron chi connectivity index (χ3n) is 3.20. The van der Waals surface area contributed by atoms with Crippen LogP contribution in [-0.4, -0.2) is 28.2 Å². The summed E-state index contributed by atoms with van der Waals surface area (Å²) in [6.07, 6.45) is 1.61. The molecule has 0 aliphatic carbocycles. The van der Waals surface area contributed by atoms with Crippen LogP contribution in [0, 0.1) is 0 Å². The Kier molecular flexibility index (Phi) is 4.34. The number of imidazole rings is 1. The van der Waals surface area contributed by atoms with Gasteiger partial charge in [0.25, 0.3) is 0 Å². The lowest BCUT2D eigenvalue weighted by atomic mass is 10.2. The molecule has 0 atom stereocenters. The number of aliphatic carboxylic acids is 1. The molecule has 116 valence electrons. The van der Waals surface area contributed by atoms with E-state index in [1.165, 1.54) is 0 Å². The summed E-state index contributed by atoms with van der Waals surface area (Å²) < 4.78 is 5.09. The number of benzene rings is 2. The van der Waals surface area contributed by atoms with Gasteiger partial charge in [-0.3, -0.25) is 0 Å². The summed E-state index contributed by atoms with van der Waals surface area (Å²) in [6.45, 7) is 0. The fourth-order valence-electron chi connectivity index (χ4n) is 2.07. The van der Waals surface area contributed by atoms with Crippen molar-refractivity contribution in [3.63, 3.8) is 0 Å². The fraction of sp³-hybridized carbons (Fsp3) is 0.0588. The Hall–Kier alpha value is -2.73. The van der Waals surface area contributed by atoms with Crippen LogP contribution < -0.4 is 4.74 Å². The van der Waals surface area contributed by atoms with E-state index in [0.29, 0.717) is 5.16 Å². The predicted octanol–water partition coefficient (Wildman–Crippen LogP) is 3.79. The summed E-state index contributed by atoms with van der Waals surface area (Å²) in [7, 11) is 1.59. The molecule has 0 aliphatic heterocycles. The highest BCUT2D eigenvalue weighted by atomic mass is 32.2. The Morgan fingerprint density at radius 2 is 1.96 bits per heavy atom. The molecule has 1 heterocycles. The summed E-state index contributed by atoms with van der Waals surface area (Å²) in [6, 6.07) is 14.8. The van der Waals surface area contributed by atoms with Crippen molar-refractivity contribution in [3.05, 3.63) is 59.0 Å². The van der Waals surface area contributed by atoms with Crippen LogP contribution in [0.3, 0.4) is 0 Å². The molecule has 0 fully saturated rings. The molecule has 2 N–H and O–H groups in total. The number of fused-ring (bicyclic) bond motifs is 1. The van der Waals surface area contributed by atoms with Crippen molar-refractivity contribution in [2.75, 3.05) is 7.11 Å². The standard InChI is InChI=1S/C17H14N2O3S/c1-22-12-8-6-11(7-9-12)10-15(16(20)21)23-17-18-13-4-2-3-5-14(13)19-17/h2-10H,1H3,(H,18,19)(H,20,21)/b15-10-. The first kappa shape index (κ1) is 15.2. The summed E-state index contributed by atoms with van der Waals surface area (Å²) in [5.74, 6) is -0.268. The van der Waals surface area contributed by atoms with Gasteiger partial charge in [-0.05, 0) is 47.7 Å². The number of thioether (sulfide) groups is 1. The zero-order valence-corrected chi connectivity index (χ0v) is 13.1. The van der Waals surface area contributed by atoms with Gasteiger partial charge in [0.2, 0.25) is 0 Å². The molecule has 2 aromatic carbocycles. The molecule has 6 heteroatoms. The third-order valence-corrected chi connectivity index (χ3v) is 4.10. The van der Waals surface area contributed by atoms with Crippen LogP contribution in [0.15, 0.2) is 58.6 Å². The van der Waals surface area contributed by atoms with E-state index in [0.717, 1.165) is 34.1 Å². The van der Waals surface area contributed by atoms with Crippen molar-refractivity contribution in [2.24, 2.45) is 0 Å². The van der Waals surface area contributed by atoms with Crippen molar-refractivity contribution in [1.29, 1.82) is 0 Å². The van der Waals surface area contributed by atoms with Gasteiger partial charge in [-0.2, -0.15) is 0 Å². The summed E-state index contributed by atoms with van der Waals surface area (Å²) >= 11 is 1.09. The molecule has 0 saturated heterocycles. The molecule has 0 aliphatic rings. The van der Waals surface area contributed by atoms with Crippen LogP contribution in [-0.2, 0) is 4.79 Å². The summed E-state index contributed by atoms with van der Waals surface area (Å²) in [5.41, 5.74) is 2.47. The zero-order chi connectivity index (χ0) is 16.2. The third kappa shape index (κ3) is 3.54. The van der Waals surface area contributed by atoms with E-state index in [9.17, 15) is 9.90 Å². The minimum Gasteiger partial charge on any atom is -0.497 e. The molecule has 3 rings (SSSR count). The number of aromatic nitrogens is 2. The molecule has 0 bridgehead atoms. The zero-order valence-electron chi connectivity index (χ0n) is 12.3. The van der Waals surface area contributed by atoms with Crippen molar-refractivity contribution < 1.29 is 14.6 Å². The smallest absolute Gasteiger partial charge is 0.342 e. The van der Waals surface area contributed by atoms with Crippen molar-refractivity contribution >= 4 is 34.8 Å². The SMILES string of the molecule is COc1ccc(/C=C(\Sc2nc3ccccc3[nH]2)C(=O)O)cc1. The maximum atomic E-state index is 11.5. The van der Waals surface area contributed by atoms with Gasteiger partial charge >= 0.3 is 5.97 Å². The lowest BCUT2D eigenvalue weighted by Gasteiger charge is -2.02. The highest BCUT2D eigenvalue weighted by Gasteiger charge is 2.13. The molecule has 0 radical (unpaired) electrons. The van der Waals surface area contributed by atoms with Crippen LogP contribution in [0.1, 0.15) is 5.56 Å². The number of carboxylic acids is 1. The average molecular weight is 326 g/mol. The quantitative estimate of drug-likeness (QED) is 0.551. The minimum absolute atomic E-state index is 0.189. The molecule has 23 heavy (non-hydrogen) atoms. The lowest BCUT2D eigenvalue weighted by molar-refractivity contribution is -0.131. The van der Waals surface area contributed by atoms with Crippen LogP contribution in [0.4, 0.5) is 0 Å². The van der Waals surface area contributed by atoms with Gasteiger partial charge in [0.1, 0.15) is 10.7 Å². The normalized spacial score (nSPS) is 11.6. The molecule has 0 saturated carbocycles. The second kappa shape index (κ2) is 6.58. The molecule has 0 spiro atoms. The van der Waals surface area contributed by atoms with E-state index in [1.54, 1.807) is 37.5 Å². The van der Waals surface area contributed by atoms with Gasteiger partial charge in [0, 0.05) is 0 Å². The van der Waals surface area contributed by atoms with Crippen molar-refractivity contribution in [1.82, 2.24) is 9.97 Å². The molecule has 3 aromatic rings. The van der Waals surface area contributed by atoms with E-state index in [2.05, 4.69) is 9.97 Å². The Morgan fingerprint density at radius 1 is 1.22 bits per heavy atom. The number of carbonyl (C=O) groups is 1. The van der Waals surface area contributed by atoms with Crippen molar-refractivity contribution in [2.45, 2.75) is 5.16 Å². The first-order valence-electron chi connectivity index (χ1n) is 6.87. The minimum atomic E-state index is -0.994. The lowest BCUT2D eigenvalue weighted by Crippen LogP contribution is -1.97. The van der Waals surface area contributed by atoms with Crippen LogP contribution in [0.5, 0.6) is 5.75 Å². The molecule has 5 nitrogen and oxygen atoms in total. The molecule has 0 unspecified atom stereocenters. The number of ether oxygens (including phenoxy) is 1. The van der Waals surface area contributed by atoms with E-state index < -0.39 is 5.97 Å². The van der Waals surface area contributed by atoms with Gasteiger partial charge in [-0.15, -0.1) is 0 Å². The largest absolute Gasteiger partial charge is 0.497 e. The second-order valence-corrected chi connectivity index (χ2v) is 5.78. The van der Waals surface area contributed by atoms with Crippen molar-refractivity contribution in [3.8, 4) is 5.75 Å². The number of nitrogens with one attached hydrogen (secondary N) is 1. The first-order chi connectivity index (χ1) is 11.2. The van der Waals surface area contributed by atoms with Gasteiger partial charge in [0.05, 0.1) is 18.1 Å². The highest BCUT2D eigenvalue weighted by molar-refractivity contribution is 8.04. The Morgan fingerprint density at radius 3 is 2.61 bits per heavy atom. The van der Waals surface area contributed by atoms with E-state index in [-0.39, 0.29) is 4.91 Å². The van der Waals surface area contributed by atoms with Crippen LogP contribution in [0.2, 0.25) is 0 Å². The molecule has 1 aromatic heterocycles. The maximum absolute atomic E-state index is 11.5. The second-order valence-electron chi connectivity index (χ2n) is 4.75. The van der Waals surface area contributed by atoms with Crippen LogP contribution >= 0.6 is 11.8 Å². The van der Waals surface area contributed by atoms with Gasteiger partial charge in [-0.25, -0.2) is 9.78 Å². The van der Waals surface area contributed by atoms with Gasteiger partial charge in [-0.1, -0.05) is 24.3 Å². The molecule has 0 amide bonds. The number of carboxylic acid groups (broad SMARTS) is 1. The topological polar surface area (TPSA) is 75.2 Å². The van der Waals surface area contributed by atoms with E-state index >= 15 is 0 Å². The number of H-pyrrole nitrogens is 1. The van der Waals surface area contributed by atoms with Gasteiger partial charge < -0.3 is 14.8 Å². The number of aromatic amines is 1. The highest BCUT2D eigenvalue weighted by Crippen LogP contribution is 2.28. The number of hydrogen-bond acceptors (Lipinski definition) is 4. The first-order valence-corrected chi connectivity index (χ1v) is 7.69. The van der Waals surface area contributed by atoms with E-state index in [4.69, 9.17) is 4.74 Å².